The summed E-state index contributed by atoms with van der Waals surface area (Å²) in [7, 11) is -3.71. The van der Waals surface area contributed by atoms with Crippen LogP contribution in [0.15, 0.2) is 47.4 Å². The number of halogens is 2. The normalized spacial score (nSPS) is 21.2. The van der Waals surface area contributed by atoms with Crippen LogP contribution in [0.25, 0.3) is 11.1 Å². The molecule has 0 aliphatic heterocycles. The van der Waals surface area contributed by atoms with E-state index in [9.17, 15) is 22.3 Å². The second kappa shape index (κ2) is 7.19. The highest BCUT2D eigenvalue weighted by atomic mass is 32.2. The lowest BCUT2D eigenvalue weighted by atomic mass is 9.94. The largest absolute Gasteiger partial charge is 0.393 e. The molecule has 0 unspecified atom stereocenters. The van der Waals surface area contributed by atoms with Crippen LogP contribution in [0, 0.1) is 11.6 Å². The maximum absolute atomic E-state index is 13.8. The summed E-state index contributed by atoms with van der Waals surface area (Å²) in [5.74, 6) is -1.37. The second-order valence-corrected chi connectivity index (χ2v) is 8.00. The van der Waals surface area contributed by atoms with Crippen molar-refractivity contribution in [1.29, 1.82) is 0 Å². The lowest BCUT2D eigenvalue weighted by Crippen LogP contribution is -2.39. The summed E-state index contributed by atoms with van der Waals surface area (Å²) in [6, 6.07) is 8.72. The Hall–Kier alpha value is -1.83. The standard InChI is InChI=1S/C18H19F2NO3S/c19-13-6-9-17(18(20)10-13)12-4-7-16(8-5-12)25(23,24)21-14-2-1-3-15(22)11-14/h4-10,14-15,21-22H,1-3,11H2/t14-,15+/m1/s1. The van der Waals surface area contributed by atoms with E-state index in [0.29, 0.717) is 24.8 Å². The fourth-order valence-electron chi connectivity index (χ4n) is 3.10. The lowest BCUT2D eigenvalue weighted by molar-refractivity contribution is 0.117. The number of aliphatic hydroxyl groups excluding tert-OH is 1. The van der Waals surface area contributed by atoms with Gasteiger partial charge in [0.05, 0.1) is 11.0 Å². The molecule has 1 aliphatic rings. The molecule has 7 heteroatoms. The summed E-state index contributed by atoms with van der Waals surface area (Å²) < 4.78 is 54.3. The SMILES string of the molecule is O=S(=O)(N[C@@H]1CCC[C@H](O)C1)c1ccc(-c2ccc(F)cc2F)cc1. The summed E-state index contributed by atoms with van der Waals surface area (Å²) in [4.78, 5) is 0.0684. The smallest absolute Gasteiger partial charge is 0.240 e. The van der Waals surface area contributed by atoms with E-state index < -0.39 is 27.8 Å². The number of nitrogens with one attached hydrogen (secondary N) is 1. The molecule has 0 bridgehead atoms. The van der Waals surface area contributed by atoms with E-state index >= 15 is 0 Å². The Labute approximate surface area is 145 Å². The van der Waals surface area contributed by atoms with Crippen LogP contribution in [-0.2, 0) is 10.0 Å². The third-order valence-electron chi connectivity index (χ3n) is 4.38. The molecule has 0 heterocycles. The number of hydrogen-bond donors (Lipinski definition) is 2. The summed E-state index contributed by atoms with van der Waals surface area (Å²) in [5, 5.41) is 9.66. The fourth-order valence-corrected chi connectivity index (χ4v) is 4.38. The molecule has 0 aromatic heterocycles. The summed E-state index contributed by atoms with van der Waals surface area (Å²) in [5.41, 5.74) is 0.665. The Kier molecular flexibility index (Phi) is 5.17. The van der Waals surface area contributed by atoms with Gasteiger partial charge in [-0.15, -0.1) is 0 Å². The van der Waals surface area contributed by atoms with Crippen LogP contribution < -0.4 is 4.72 Å². The zero-order chi connectivity index (χ0) is 18.0. The van der Waals surface area contributed by atoms with Gasteiger partial charge in [0.15, 0.2) is 0 Å². The minimum Gasteiger partial charge on any atom is -0.393 e. The second-order valence-electron chi connectivity index (χ2n) is 6.29. The van der Waals surface area contributed by atoms with Crippen molar-refractivity contribution in [3.8, 4) is 11.1 Å². The Morgan fingerprint density at radius 1 is 1.04 bits per heavy atom. The predicted molar refractivity (Wildman–Crippen MR) is 90.4 cm³/mol. The van der Waals surface area contributed by atoms with Gasteiger partial charge in [-0.3, -0.25) is 0 Å². The first kappa shape index (κ1) is 18.0. The van der Waals surface area contributed by atoms with Gasteiger partial charge in [-0.25, -0.2) is 21.9 Å². The number of benzene rings is 2. The molecule has 2 aromatic carbocycles. The Bertz CT molecular complexity index is 853. The van der Waals surface area contributed by atoms with E-state index in [2.05, 4.69) is 4.72 Å². The first-order chi connectivity index (χ1) is 11.8. The molecule has 0 saturated heterocycles. The highest BCUT2D eigenvalue weighted by Crippen LogP contribution is 2.25. The molecule has 134 valence electrons. The van der Waals surface area contributed by atoms with Gasteiger partial charge in [-0.1, -0.05) is 12.1 Å². The third-order valence-corrected chi connectivity index (χ3v) is 5.91. The number of hydrogen-bond acceptors (Lipinski definition) is 3. The summed E-state index contributed by atoms with van der Waals surface area (Å²) in [6.07, 6.45) is 2.07. The van der Waals surface area contributed by atoms with Crippen molar-refractivity contribution in [2.75, 3.05) is 0 Å². The first-order valence-corrected chi connectivity index (χ1v) is 9.59. The van der Waals surface area contributed by atoms with Crippen LogP contribution in [0.3, 0.4) is 0 Å². The monoisotopic (exact) mass is 367 g/mol. The maximum Gasteiger partial charge on any atom is 0.240 e. The quantitative estimate of drug-likeness (QED) is 0.872. The van der Waals surface area contributed by atoms with Crippen molar-refractivity contribution < 1.29 is 22.3 Å². The maximum atomic E-state index is 13.8. The Morgan fingerprint density at radius 3 is 2.40 bits per heavy atom. The van der Waals surface area contributed by atoms with Crippen LogP contribution in [0.2, 0.25) is 0 Å². The zero-order valence-corrected chi connectivity index (χ0v) is 14.3. The molecule has 4 nitrogen and oxygen atoms in total. The molecular weight excluding hydrogens is 348 g/mol. The molecule has 0 spiro atoms. The van der Waals surface area contributed by atoms with E-state index in [0.717, 1.165) is 18.6 Å². The van der Waals surface area contributed by atoms with Gasteiger partial charge >= 0.3 is 0 Å². The molecule has 0 amide bonds. The van der Waals surface area contributed by atoms with E-state index in [4.69, 9.17) is 0 Å². The van der Waals surface area contributed by atoms with Crippen molar-refractivity contribution in [1.82, 2.24) is 4.72 Å². The molecule has 3 rings (SSSR count). The topological polar surface area (TPSA) is 66.4 Å². The Balaban J connectivity index is 1.79. The van der Waals surface area contributed by atoms with Crippen molar-refractivity contribution in [2.24, 2.45) is 0 Å². The van der Waals surface area contributed by atoms with Crippen LogP contribution in [0.4, 0.5) is 8.78 Å². The summed E-state index contributed by atoms with van der Waals surface area (Å²) >= 11 is 0. The minimum absolute atomic E-state index is 0.0684. The van der Waals surface area contributed by atoms with Crippen LogP contribution in [-0.4, -0.2) is 25.7 Å². The zero-order valence-electron chi connectivity index (χ0n) is 13.5. The number of rotatable bonds is 4. The van der Waals surface area contributed by atoms with Crippen molar-refractivity contribution in [2.45, 2.75) is 42.7 Å². The van der Waals surface area contributed by atoms with E-state index in [1.165, 1.54) is 30.3 Å². The van der Waals surface area contributed by atoms with Crippen LogP contribution >= 0.6 is 0 Å². The van der Waals surface area contributed by atoms with Gasteiger partial charge in [-0.2, -0.15) is 0 Å². The van der Waals surface area contributed by atoms with Gasteiger partial charge in [0.1, 0.15) is 11.6 Å². The van der Waals surface area contributed by atoms with E-state index in [1.54, 1.807) is 0 Å². The highest BCUT2D eigenvalue weighted by molar-refractivity contribution is 7.89. The molecule has 2 N–H and O–H groups in total. The Morgan fingerprint density at radius 2 is 1.76 bits per heavy atom. The van der Waals surface area contributed by atoms with Crippen molar-refractivity contribution in [3.63, 3.8) is 0 Å². The van der Waals surface area contributed by atoms with Crippen molar-refractivity contribution >= 4 is 10.0 Å². The average molecular weight is 367 g/mol. The van der Waals surface area contributed by atoms with Crippen LogP contribution in [0.1, 0.15) is 25.7 Å². The molecule has 2 atom stereocenters. The van der Waals surface area contributed by atoms with Gasteiger partial charge in [0, 0.05) is 17.7 Å². The van der Waals surface area contributed by atoms with E-state index in [-0.39, 0.29) is 16.5 Å². The van der Waals surface area contributed by atoms with E-state index in [1.807, 2.05) is 0 Å². The molecule has 1 saturated carbocycles. The molecule has 2 aromatic rings. The first-order valence-electron chi connectivity index (χ1n) is 8.11. The minimum atomic E-state index is -3.71. The fraction of sp³-hybridized carbons (Fsp3) is 0.333. The van der Waals surface area contributed by atoms with Gasteiger partial charge in [0.2, 0.25) is 10.0 Å². The number of aliphatic hydroxyl groups is 1. The van der Waals surface area contributed by atoms with Gasteiger partial charge in [-0.05, 0) is 55.5 Å². The molecule has 0 radical (unpaired) electrons. The molecular formula is C18H19F2NO3S. The molecule has 25 heavy (non-hydrogen) atoms. The van der Waals surface area contributed by atoms with Crippen molar-refractivity contribution in [3.05, 3.63) is 54.1 Å². The van der Waals surface area contributed by atoms with Gasteiger partial charge in [0.25, 0.3) is 0 Å². The molecule has 1 aliphatic carbocycles. The summed E-state index contributed by atoms with van der Waals surface area (Å²) in [6.45, 7) is 0. The van der Waals surface area contributed by atoms with Gasteiger partial charge < -0.3 is 5.11 Å². The number of sulfonamides is 1. The molecule has 1 fully saturated rings. The van der Waals surface area contributed by atoms with Crippen LogP contribution in [0.5, 0.6) is 0 Å². The lowest BCUT2D eigenvalue weighted by Gasteiger charge is -2.26. The highest BCUT2D eigenvalue weighted by Gasteiger charge is 2.25. The predicted octanol–water partition coefficient (Wildman–Crippen LogP) is 3.21. The third kappa shape index (κ3) is 4.23. The average Bonchev–Trinajstić information content (AvgIpc) is 2.54.